The zero-order valence-electron chi connectivity index (χ0n) is 10.1. The Bertz CT molecular complexity index is 233. The van der Waals surface area contributed by atoms with Gasteiger partial charge in [0.25, 0.3) is 0 Å². The summed E-state index contributed by atoms with van der Waals surface area (Å²) in [5.41, 5.74) is 0.438. The van der Waals surface area contributed by atoms with E-state index >= 15 is 0 Å². The van der Waals surface area contributed by atoms with Crippen LogP contribution in [-0.2, 0) is 4.79 Å². The highest BCUT2D eigenvalue weighted by Crippen LogP contribution is 2.30. The van der Waals surface area contributed by atoms with Gasteiger partial charge in [0, 0.05) is 13.0 Å². The summed E-state index contributed by atoms with van der Waals surface area (Å²) in [4.78, 5) is 13.5. The van der Waals surface area contributed by atoms with E-state index in [1.807, 2.05) is 0 Å². The minimum absolute atomic E-state index is 0.240. The summed E-state index contributed by atoms with van der Waals surface area (Å²) in [5, 5.41) is 0. The average molecular weight is 209 g/mol. The Kier molecular flexibility index (Phi) is 4.37. The smallest absolute Gasteiger partial charge is 0.226 e. The summed E-state index contributed by atoms with van der Waals surface area (Å²) >= 11 is 0. The van der Waals surface area contributed by atoms with Gasteiger partial charge in [-0.1, -0.05) is 26.8 Å². The van der Waals surface area contributed by atoms with Gasteiger partial charge in [0.1, 0.15) is 0 Å². The van der Waals surface area contributed by atoms with Crippen LogP contribution in [0.15, 0.2) is 12.8 Å². The van der Waals surface area contributed by atoms with Crippen LogP contribution >= 0.6 is 0 Å². The summed E-state index contributed by atoms with van der Waals surface area (Å²) < 4.78 is 0. The lowest BCUT2D eigenvalue weighted by molar-refractivity contribution is -0.129. The molecule has 0 aliphatic carbocycles. The highest BCUT2D eigenvalue weighted by Gasteiger charge is 2.20. The molecule has 1 heterocycles. The lowest BCUT2D eigenvalue weighted by Gasteiger charge is -2.28. The van der Waals surface area contributed by atoms with Gasteiger partial charge >= 0.3 is 0 Å². The first-order chi connectivity index (χ1) is 7.05. The molecule has 1 fully saturated rings. The number of nitrogens with zero attached hydrogens (tertiary/aromatic N) is 1. The second-order valence-corrected chi connectivity index (χ2v) is 5.24. The third-order valence-electron chi connectivity index (χ3n) is 3.29. The molecule has 0 aromatic heterocycles. The van der Waals surface area contributed by atoms with Crippen molar-refractivity contribution in [3.05, 3.63) is 12.8 Å². The number of carbonyl (C=O) groups is 1. The monoisotopic (exact) mass is 209 g/mol. The topological polar surface area (TPSA) is 20.3 Å². The molecule has 15 heavy (non-hydrogen) atoms. The summed E-state index contributed by atoms with van der Waals surface area (Å²) in [6, 6.07) is 0. The molecule has 0 radical (unpaired) electrons. The minimum Gasteiger partial charge on any atom is -0.320 e. The van der Waals surface area contributed by atoms with Crippen molar-refractivity contribution in [2.45, 2.75) is 52.4 Å². The quantitative estimate of drug-likeness (QED) is 0.648. The van der Waals surface area contributed by atoms with Crippen molar-refractivity contribution in [2.24, 2.45) is 5.41 Å². The van der Waals surface area contributed by atoms with Crippen molar-refractivity contribution in [3.8, 4) is 0 Å². The number of amides is 1. The zero-order valence-corrected chi connectivity index (χ0v) is 10.1. The Morgan fingerprint density at radius 2 is 1.93 bits per heavy atom. The molecule has 0 unspecified atom stereocenters. The number of rotatable bonds is 1. The molecule has 0 aromatic carbocycles. The molecule has 1 rings (SSSR count). The Balaban J connectivity index is 2.55. The summed E-state index contributed by atoms with van der Waals surface area (Å²) in [6.07, 6.45) is 8.08. The summed E-state index contributed by atoms with van der Waals surface area (Å²) in [5.74, 6) is 0.240. The maximum Gasteiger partial charge on any atom is 0.226 e. The van der Waals surface area contributed by atoms with Crippen molar-refractivity contribution in [3.63, 3.8) is 0 Å². The fourth-order valence-corrected chi connectivity index (χ4v) is 2.19. The SMILES string of the molecule is C=CN1CCCC(C)(C)CCCCC1=O. The first-order valence-electron chi connectivity index (χ1n) is 5.97. The molecule has 0 spiro atoms. The number of carbonyl (C=O) groups excluding carboxylic acids is 1. The molecule has 1 amide bonds. The Hall–Kier alpha value is -0.790. The Morgan fingerprint density at radius 3 is 2.60 bits per heavy atom. The van der Waals surface area contributed by atoms with Gasteiger partial charge in [0.2, 0.25) is 5.91 Å². The maximum atomic E-state index is 11.7. The van der Waals surface area contributed by atoms with Crippen LogP contribution in [0.1, 0.15) is 52.4 Å². The van der Waals surface area contributed by atoms with E-state index in [0.717, 1.165) is 19.4 Å². The van der Waals surface area contributed by atoms with Gasteiger partial charge in [0.15, 0.2) is 0 Å². The minimum atomic E-state index is 0.240. The third kappa shape index (κ3) is 4.06. The predicted octanol–water partition coefficient (Wildman–Crippen LogP) is 3.34. The Labute approximate surface area is 93.3 Å². The van der Waals surface area contributed by atoms with E-state index in [1.54, 1.807) is 11.1 Å². The van der Waals surface area contributed by atoms with Gasteiger partial charge in [-0.2, -0.15) is 0 Å². The predicted molar refractivity (Wildman–Crippen MR) is 63.4 cm³/mol. The van der Waals surface area contributed by atoms with E-state index < -0.39 is 0 Å². The van der Waals surface area contributed by atoms with Crippen molar-refractivity contribution < 1.29 is 4.79 Å². The summed E-state index contributed by atoms with van der Waals surface area (Å²) in [7, 11) is 0. The summed E-state index contributed by atoms with van der Waals surface area (Å²) in [6.45, 7) is 9.20. The first-order valence-corrected chi connectivity index (χ1v) is 5.97. The van der Waals surface area contributed by atoms with E-state index in [-0.39, 0.29) is 5.91 Å². The van der Waals surface area contributed by atoms with Gasteiger partial charge in [-0.05, 0) is 37.3 Å². The molecule has 2 nitrogen and oxygen atoms in total. The van der Waals surface area contributed by atoms with Crippen LogP contribution in [0, 0.1) is 5.41 Å². The van der Waals surface area contributed by atoms with Crippen LogP contribution < -0.4 is 0 Å². The van der Waals surface area contributed by atoms with Crippen molar-refractivity contribution >= 4 is 5.91 Å². The lowest BCUT2D eigenvalue weighted by Crippen LogP contribution is -2.28. The molecule has 1 aliphatic rings. The number of hydrogen-bond donors (Lipinski definition) is 0. The van der Waals surface area contributed by atoms with E-state index in [1.165, 1.54) is 19.3 Å². The molecule has 1 saturated heterocycles. The van der Waals surface area contributed by atoms with Crippen molar-refractivity contribution in [1.29, 1.82) is 0 Å². The zero-order chi connectivity index (χ0) is 11.3. The van der Waals surface area contributed by atoms with Gasteiger partial charge in [-0.15, -0.1) is 0 Å². The third-order valence-corrected chi connectivity index (χ3v) is 3.29. The van der Waals surface area contributed by atoms with E-state index in [9.17, 15) is 4.79 Å². The van der Waals surface area contributed by atoms with Crippen LogP contribution in [0.25, 0.3) is 0 Å². The standard InChI is InChI=1S/C13H23NO/c1-4-14-11-7-10-13(2,3)9-6-5-8-12(14)15/h4H,1,5-11H2,2-3H3. The molecular formula is C13H23NO. The first kappa shape index (κ1) is 12.3. The molecule has 0 aromatic rings. The largest absolute Gasteiger partial charge is 0.320 e. The Morgan fingerprint density at radius 1 is 1.27 bits per heavy atom. The van der Waals surface area contributed by atoms with Gasteiger partial charge in [-0.25, -0.2) is 0 Å². The molecule has 0 N–H and O–H groups in total. The van der Waals surface area contributed by atoms with E-state index in [0.29, 0.717) is 11.8 Å². The van der Waals surface area contributed by atoms with Gasteiger partial charge in [0.05, 0.1) is 0 Å². The molecular weight excluding hydrogens is 186 g/mol. The average Bonchev–Trinajstić information content (AvgIpc) is 2.18. The van der Waals surface area contributed by atoms with Crippen LogP contribution in [-0.4, -0.2) is 17.4 Å². The second kappa shape index (κ2) is 5.34. The normalized spacial score (nSPS) is 23.6. The second-order valence-electron chi connectivity index (χ2n) is 5.24. The van der Waals surface area contributed by atoms with Crippen LogP contribution in [0.2, 0.25) is 0 Å². The highest BCUT2D eigenvalue weighted by atomic mass is 16.2. The lowest BCUT2D eigenvalue weighted by atomic mass is 9.82. The fourth-order valence-electron chi connectivity index (χ4n) is 2.19. The molecule has 1 aliphatic heterocycles. The van der Waals surface area contributed by atoms with E-state index in [4.69, 9.17) is 0 Å². The highest BCUT2D eigenvalue weighted by molar-refractivity contribution is 5.77. The molecule has 2 heteroatoms. The van der Waals surface area contributed by atoms with Crippen molar-refractivity contribution in [1.82, 2.24) is 4.90 Å². The van der Waals surface area contributed by atoms with Gasteiger partial charge < -0.3 is 4.90 Å². The van der Waals surface area contributed by atoms with Crippen LogP contribution in [0.4, 0.5) is 0 Å². The molecule has 86 valence electrons. The van der Waals surface area contributed by atoms with Gasteiger partial charge in [-0.3, -0.25) is 4.79 Å². The fraction of sp³-hybridized carbons (Fsp3) is 0.769. The molecule has 0 bridgehead atoms. The van der Waals surface area contributed by atoms with Crippen LogP contribution in [0.5, 0.6) is 0 Å². The van der Waals surface area contributed by atoms with Crippen LogP contribution in [0.3, 0.4) is 0 Å². The maximum absolute atomic E-state index is 11.7. The molecule has 0 saturated carbocycles. The van der Waals surface area contributed by atoms with E-state index in [2.05, 4.69) is 20.4 Å². The van der Waals surface area contributed by atoms with Crippen molar-refractivity contribution in [2.75, 3.05) is 6.54 Å². The number of hydrogen-bond acceptors (Lipinski definition) is 1. The molecule has 0 atom stereocenters.